The minimum Gasteiger partial charge on any atom is -0.459 e. The van der Waals surface area contributed by atoms with Gasteiger partial charge in [0, 0.05) is 32.0 Å². The highest BCUT2D eigenvalue weighted by Gasteiger charge is 2.39. The van der Waals surface area contributed by atoms with Crippen molar-refractivity contribution in [2.24, 2.45) is 0 Å². The van der Waals surface area contributed by atoms with E-state index in [2.05, 4.69) is 4.98 Å². The molecule has 0 saturated carbocycles. The molecule has 1 aliphatic rings. The fourth-order valence-electron chi connectivity index (χ4n) is 2.55. The number of carbonyl (C=O) groups excluding carboxylic acids is 1. The Morgan fingerprint density at radius 3 is 2.74 bits per heavy atom. The van der Waals surface area contributed by atoms with Crippen LogP contribution in [0, 0.1) is 0 Å². The third kappa shape index (κ3) is 3.43. The minimum atomic E-state index is -3.38. The molecule has 0 spiro atoms. The van der Waals surface area contributed by atoms with Gasteiger partial charge in [0.15, 0.2) is 5.76 Å². The smallest absolute Gasteiger partial charge is 0.289 e. The second-order valence-electron chi connectivity index (χ2n) is 5.51. The van der Waals surface area contributed by atoms with E-state index in [4.69, 9.17) is 4.42 Å². The van der Waals surface area contributed by atoms with Crippen LogP contribution in [0.25, 0.3) is 0 Å². The topological polar surface area (TPSA) is 83.7 Å². The first-order valence-electron chi connectivity index (χ1n) is 7.13. The van der Waals surface area contributed by atoms with Crippen LogP contribution in [0.1, 0.15) is 16.1 Å². The Bertz CT molecular complexity index is 768. The van der Waals surface area contributed by atoms with Gasteiger partial charge < -0.3 is 9.32 Å². The fourth-order valence-corrected chi connectivity index (χ4v) is 3.61. The molecule has 1 aliphatic heterocycles. The van der Waals surface area contributed by atoms with Crippen LogP contribution in [0.15, 0.2) is 47.3 Å². The van der Waals surface area contributed by atoms with Crippen molar-refractivity contribution in [1.29, 1.82) is 0 Å². The van der Waals surface area contributed by atoms with Crippen LogP contribution >= 0.6 is 0 Å². The third-order valence-corrected chi connectivity index (χ3v) is 5.06. The van der Waals surface area contributed by atoms with Crippen LogP contribution in [-0.2, 0) is 16.6 Å². The van der Waals surface area contributed by atoms with Gasteiger partial charge in [-0.15, -0.1) is 0 Å². The van der Waals surface area contributed by atoms with E-state index in [1.165, 1.54) is 16.8 Å². The van der Waals surface area contributed by atoms with E-state index in [-0.39, 0.29) is 24.3 Å². The van der Waals surface area contributed by atoms with Crippen molar-refractivity contribution in [1.82, 2.24) is 14.2 Å². The second kappa shape index (κ2) is 6.13. The number of aromatic nitrogens is 1. The predicted molar refractivity (Wildman–Crippen MR) is 83.0 cm³/mol. The maximum atomic E-state index is 12.1. The number of likely N-dealkylation sites (tertiary alicyclic amines) is 1. The molecule has 1 amide bonds. The first-order valence-corrected chi connectivity index (χ1v) is 8.98. The third-order valence-electron chi connectivity index (χ3n) is 3.78. The molecule has 23 heavy (non-hydrogen) atoms. The molecule has 0 atom stereocenters. The van der Waals surface area contributed by atoms with Gasteiger partial charge in [-0.25, -0.2) is 8.42 Å². The summed E-state index contributed by atoms with van der Waals surface area (Å²) in [5, 5.41) is 0. The Labute approximate surface area is 134 Å². The van der Waals surface area contributed by atoms with Gasteiger partial charge in [0.05, 0.1) is 18.6 Å². The second-order valence-corrected chi connectivity index (χ2v) is 7.45. The summed E-state index contributed by atoms with van der Waals surface area (Å²) >= 11 is 0. The molecule has 7 nitrogen and oxygen atoms in total. The lowest BCUT2D eigenvalue weighted by Crippen LogP contribution is -2.61. The molecule has 0 unspecified atom stereocenters. The summed E-state index contributed by atoms with van der Waals surface area (Å²) in [5.74, 6) is 0.0442. The molecular weight excluding hydrogens is 318 g/mol. The Kier molecular flexibility index (Phi) is 4.18. The summed E-state index contributed by atoms with van der Waals surface area (Å²) in [6, 6.07) is 6.61. The van der Waals surface area contributed by atoms with E-state index >= 15 is 0 Å². The minimum absolute atomic E-state index is 0.221. The molecule has 3 rings (SSSR count). The summed E-state index contributed by atoms with van der Waals surface area (Å²) in [6.45, 7) is 0.958. The highest BCUT2D eigenvalue weighted by molar-refractivity contribution is 7.88. The molecule has 2 aromatic heterocycles. The Morgan fingerprint density at radius 1 is 1.39 bits per heavy atom. The van der Waals surface area contributed by atoms with Crippen molar-refractivity contribution in [3.05, 3.63) is 54.2 Å². The number of hydrogen-bond acceptors (Lipinski definition) is 5. The van der Waals surface area contributed by atoms with Gasteiger partial charge >= 0.3 is 0 Å². The highest BCUT2D eigenvalue weighted by atomic mass is 32.2. The summed E-state index contributed by atoms with van der Waals surface area (Å²) in [4.78, 5) is 17.7. The monoisotopic (exact) mass is 335 g/mol. The molecule has 122 valence electrons. The van der Waals surface area contributed by atoms with E-state index < -0.39 is 10.0 Å². The van der Waals surface area contributed by atoms with Crippen molar-refractivity contribution in [3.63, 3.8) is 0 Å². The van der Waals surface area contributed by atoms with E-state index in [0.29, 0.717) is 13.1 Å². The lowest BCUT2D eigenvalue weighted by molar-refractivity contribution is 0.0414. The summed E-state index contributed by atoms with van der Waals surface area (Å²) in [7, 11) is -3.38. The van der Waals surface area contributed by atoms with E-state index in [9.17, 15) is 13.2 Å². The number of nitrogens with zero attached hydrogens (tertiary/aromatic N) is 3. The van der Waals surface area contributed by atoms with Crippen LogP contribution in [0.5, 0.6) is 0 Å². The van der Waals surface area contributed by atoms with Gasteiger partial charge in [-0.1, -0.05) is 6.07 Å². The van der Waals surface area contributed by atoms with Gasteiger partial charge in [-0.2, -0.15) is 4.31 Å². The Morgan fingerprint density at radius 2 is 2.17 bits per heavy atom. The molecule has 8 heteroatoms. The zero-order chi connectivity index (χ0) is 16.4. The molecule has 0 aliphatic carbocycles. The number of hydrogen-bond donors (Lipinski definition) is 0. The van der Waals surface area contributed by atoms with Crippen molar-refractivity contribution >= 4 is 15.9 Å². The first kappa shape index (κ1) is 15.7. The number of pyridine rings is 1. The first-order chi connectivity index (χ1) is 10.9. The average Bonchev–Trinajstić information content (AvgIpc) is 2.98. The van der Waals surface area contributed by atoms with Gasteiger partial charge in [0.25, 0.3) is 5.91 Å². The van der Waals surface area contributed by atoms with Crippen molar-refractivity contribution in [3.8, 4) is 0 Å². The quantitative estimate of drug-likeness (QED) is 0.813. The summed E-state index contributed by atoms with van der Waals surface area (Å²) in [5.41, 5.74) is 0.814. The van der Waals surface area contributed by atoms with Crippen molar-refractivity contribution in [2.75, 3.05) is 19.3 Å². The molecule has 1 fully saturated rings. The lowest BCUT2D eigenvalue weighted by Gasteiger charge is -2.43. The predicted octanol–water partition coefficient (Wildman–Crippen LogP) is 0.961. The number of carbonyl (C=O) groups is 1. The van der Waals surface area contributed by atoms with Crippen LogP contribution < -0.4 is 0 Å². The van der Waals surface area contributed by atoms with Crippen LogP contribution in [0.3, 0.4) is 0 Å². The largest absolute Gasteiger partial charge is 0.459 e. The summed E-state index contributed by atoms with van der Waals surface area (Å²) < 4.78 is 30.6. The van der Waals surface area contributed by atoms with Crippen LogP contribution in [-0.4, -0.2) is 53.9 Å². The zero-order valence-electron chi connectivity index (χ0n) is 12.6. The Hall–Kier alpha value is -2.19. The normalized spacial score (nSPS) is 15.7. The van der Waals surface area contributed by atoms with Gasteiger partial charge in [0.2, 0.25) is 10.0 Å². The zero-order valence-corrected chi connectivity index (χ0v) is 13.4. The molecule has 0 N–H and O–H groups in total. The van der Waals surface area contributed by atoms with Crippen molar-refractivity contribution < 1.29 is 17.6 Å². The lowest BCUT2D eigenvalue weighted by atomic mass is 10.1. The molecule has 0 aromatic carbocycles. The number of rotatable bonds is 5. The SMILES string of the molecule is CS(=O)(=O)N(Cc1cccnc1)C1CN(C(=O)c2ccco2)C1. The standard InChI is InChI=1S/C15H17N3O4S/c1-23(20,21)18(9-12-4-2-6-16-8-12)13-10-17(11-13)15(19)14-5-3-7-22-14/h2-8,13H,9-11H2,1H3. The Balaban J connectivity index is 1.68. The number of sulfonamides is 1. The molecule has 1 saturated heterocycles. The van der Waals surface area contributed by atoms with Gasteiger partial charge in [0.1, 0.15) is 0 Å². The molecular formula is C15H17N3O4S. The van der Waals surface area contributed by atoms with E-state index in [0.717, 1.165) is 5.56 Å². The maximum Gasteiger partial charge on any atom is 0.289 e. The average molecular weight is 335 g/mol. The maximum absolute atomic E-state index is 12.1. The van der Waals surface area contributed by atoms with E-state index in [1.807, 2.05) is 6.07 Å². The van der Waals surface area contributed by atoms with Crippen LogP contribution in [0.2, 0.25) is 0 Å². The van der Waals surface area contributed by atoms with Crippen molar-refractivity contribution in [2.45, 2.75) is 12.6 Å². The number of furan rings is 1. The fraction of sp³-hybridized carbons (Fsp3) is 0.333. The molecule has 3 heterocycles. The molecule has 0 radical (unpaired) electrons. The van der Waals surface area contributed by atoms with Gasteiger partial charge in [-0.3, -0.25) is 9.78 Å². The van der Waals surface area contributed by atoms with Crippen LogP contribution in [0.4, 0.5) is 0 Å². The summed E-state index contributed by atoms with van der Waals surface area (Å²) in [6.07, 6.45) is 5.90. The molecule has 2 aromatic rings. The highest BCUT2D eigenvalue weighted by Crippen LogP contribution is 2.22. The van der Waals surface area contributed by atoms with E-state index in [1.54, 1.807) is 35.5 Å². The molecule has 0 bridgehead atoms. The van der Waals surface area contributed by atoms with Gasteiger partial charge in [-0.05, 0) is 23.8 Å². The number of amides is 1.